The summed E-state index contributed by atoms with van der Waals surface area (Å²) in [7, 11) is 0. The number of hydrogen-bond acceptors (Lipinski definition) is 2. The van der Waals surface area contributed by atoms with Crippen molar-refractivity contribution in [1.82, 2.24) is 5.32 Å². The van der Waals surface area contributed by atoms with Crippen LogP contribution in [-0.4, -0.2) is 11.1 Å². The summed E-state index contributed by atoms with van der Waals surface area (Å²) in [4.78, 5) is 0. The van der Waals surface area contributed by atoms with Crippen molar-refractivity contribution >= 4 is 0 Å². The molecule has 3 heteroatoms. The molecule has 1 fully saturated rings. The number of phenolic OH excluding ortho intramolecular Hbond substituents is 1. The second-order valence-electron chi connectivity index (χ2n) is 7.06. The molecule has 1 aromatic carbocycles. The van der Waals surface area contributed by atoms with Crippen molar-refractivity contribution in [3.05, 3.63) is 29.6 Å². The van der Waals surface area contributed by atoms with Gasteiger partial charge in [-0.1, -0.05) is 33.3 Å². The van der Waals surface area contributed by atoms with E-state index in [1.54, 1.807) is 6.07 Å². The molecule has 2 nitrogen and oxygen atoms in total. The summed E-state index contributed by atoms with van der Waals surface area (Å²) in [5.74, 6) is 0.00965. The van der Waals surface area contributed by atoms with Gasteiger partial charge in [-0.05, 0) is 54.7 Å². The summed E-state index contributed by atoms with van der Waals surface area (Å²) in [5.41, 5.74) is 1.34. The minimum Gasteiger partial charge on any atom is -0.505 e. The Morgan fingerprint density at radius 3 is 2.48 bits per heavy atom. The van der Waals surface area contributed by atoms with E-state index in [2.05, 4.69) is 26.1 Å². The Morgan fingerprint density at radius 2 is 1.90 bits per heavy atom. The number of rotatable bonds is 5. The predicted octanol–water partition coefficient (Wildman–Crippen LogP) is 4.62. The molecular weight excluding hydrogens is 265 g/mol. The number of phenols is 1. The van der Waals surface area contributed by atoms with Crippen LogP contribution in [0.25, 0.3) is 0 Å². The molecule has 2 N–H and O–H groups in total. The molecular formula is C18H28FNO. The third-order valence-electron chi connectivity index (χ3n) is 5.35. The topological polar surface area (TPSA) is 32.3 Å². The zero-order chi connectivity index (χ0) is 15.5. The van der Waals surface area contributed by atoms with Gasteiger partial charge in [0.25, 0.3) is 0 Å². The maximum atomic E-state index is 13.3. The molecule has 0 amide bonds. The van der Waals surface area contributed by atoms with E-state index in [9.17, 15) is 9.50 Å². The van der Waals surface area contributed by atoms with E-state index >= 15 is 0 Å². The highest BCUT2D eigenvalue weighted by atomic mass is 19.1. The molecule has 21 heavy (non-hydrogen) atoms. The first-order valence-corrected chi connectivity index (χ1v) is 8.13. The van der Waals surface area contributed by atoms with Crippen LogP contribution in [0.1, 0.15) is 58.4 Å². The van der Waals surface area contributed by atoms with Crippen LogP contribution in [0.5, 0.6) is 5.75 Å². The lowest BCUT2D eigenvalue weighted by Crippen LogP contribution is -2.36. The van der Waals surface area contributed by atoms with Gasteiger partial charge in [0.05, 0.1) is 0 Å². The number of nitrogens with one attached hydrogen (secondary N) is 1. The zero-order valence-electron chi connectivity index (χ0n) is 13.5. The molecule has 0 aliphatic heterocycles. The van der Waals surface area contributed by atoms with Crippen molar-refractivity contribution in [3.63, 3.8) is 0 Å². The third-order valence-corrected chi connectivity index (χ3v) is 5.35. The van der Waals surface area contributed by atoms with Crippen LogP contribution in [0.3, 0.4) is 0 Å². The van der Waals surface area contributed by atoms with E-state index in [0.717, 1.165) is 11.5 Å². The van der Waals surface area contributed by atoms with Crippen LogP contribution in [0.4, 0.5) is 4.39 Å². The Balaban J connectivity index is 1.80. The Labute approximate surface area is 127 Å². The maximum Gasteiger partial charge on any atom is 0.165 e. The minimum atomic E-state index is -0.539. The summed E-state index contributed by atoms with van der Waals surface area (Å²) in [6, 6.07) is 5.14. The standard InChI is InChI=1S/C18H28FNO/c1-4-18(2,3)14-6-8-15(9-7-14)20-12-13-5-10-17(21)16(19)11-13/h5,10-11,14-15,20-21H,4,6-9,12H2,1-3H3. The van der Waals surface area contributed by atoms with Crippen LogP contribution >= 0.6 is 0 Å². The number of aromatic hydroxyl groups is 1. The molecule has 0 bridgehead atoms. The van der Waals surface area contributed by atoms with Gasteiger partial charge in [-0.3, -0.25) is 0 Å². The fourth-order valence-corrected chi connectivity index (χ4v) is 3.29. The van der Waals surface area contributed by atoms with Crippen molar-refractivity contribution in [3.8, 4) is 5.75 Å². The van der Waals surface area contributed by atoms with Gasteiger partial charge in [0.15, 0.2) is 11.6 Å². The van der Waals surface area contributed by atoms with E-state index in [1.165, 1.54) is 44.2 Å². The largest absolute Gasteiger partial charge is 0.505 e. The summed E-state index contributed by atoms with van der Waals surface area (Å²) < 4.78 is 13.3. The quantitative estimate of drug-likeness (QED) is 0.830. The van der Waals surface area contributed by atoms with Gasteiger partial charge in [0.2, 0.25) is 0 Å². The van der Waals surface area contributed by atoms with Gasteiger partial charge < -0.3 is 10.4 Å². The van der Waals surface area contributed by atoms with Gasteiger partial charge in [0.1, 0.15) is 0 Å². The lowest BCUT2D eigenvalue weighted by molar-refractivity contribution is 0.137. The van der Waals surface area contributed by atoms with Crippen LogP contribution < -0.4 is 5.32 Å². The highest BCUT2D eigenvalue weighted by Gasteiger charge is 2.31. The molecule has 1 saturated carbocycles. The Bertz CT molecular complexity index is 464. The summed E-state index contributed by atoms with van der Waals surface area (Å²) in [6.07, 6.45) is 6.21. The number of benzene rings is 1. The van der Waals surface area contributed by atoms with Crippen LogP contribution in [0.15, 0.2) is 18.2 Å². The van der Waals surface area contributed by atoms with E-state index in [4.69, 9.17) is 0 Å². The van der Waals surface area contributed by atoms with Crippen molar-refractivity contribution in [2.45, 2.75) is 65.5 Å². The third kappa shape index (κ3) is 4.19. The predicted molar refractivity (Wildman–Crippen MR) is 84.7 cm³/mol. The Hall–Kier alpha value is -1.09. The molecule has 118 valence electrons. The molecule has 0 saturated heterocycles. The van der Waals surface area contributed by atoms with E-state index in [1.807, 2.05) is 0 Å². The average Bonchev–Trinajstić information content (AvgIpc) is 2.49. The molecule has 1 aliphatic carbocycles. The molecule has 1 aromatic rings. The zero-order valence-corrected chi connectivity index (χ0v) is 13.5. The normalized spacial score (nSPS) is 23.2. The van der Waals surface area contributed by atoms with Gasteiger partial charge in [-0.25, -0.2) is 4.39 Å². The number of halogens is 1. The summed E-state index contributed by atoms with van der Waals surface area (Å²) in [6.45, 7) is 7.71. The smallest absolute Gasteiger partial charge is 0.165 e. The minimum absolute atomic E-state index is 0.277. The lowest BCUT2D eigenvalue weighted by atomic mass is 9.69. The van der Waals surface area contributed by atoms with Crippen molar-refractivity contribution in [2.75, 3.05) is 0 Å². The molecule has 0 atom stereocenters. The molecule has 1 aliphatic rings. The van der Waals surface area contributed by atoms with Gasteiger partial charge in [0, 0.05) is 12.6 Å². The maximum absolute atomic E-state index is 13.3. The van der Waals surface area contributed by atoms with E-state index < -0.39 is 5.82 Å². The van der Waals surface area contributed by atoms with Crippen LogP contribution in [0.2, 0.25) is 0 Å². The first-order valence-electron chi connectivity index (χ1n) is 8.13. The lowest BCUT2D eigenvalue weighted by Gasteiger charge is -2.39. The second kappa shape index (κ2) is 6.78. The molecule has 0 heterocycles. The van der Waals surface area contributed by atoms with Crippen LogP contribution in [0, 0.1) is 17.2 Å². The van der Waals surface area contributed by atoms with Gasteiger partial charge >= 0.3 is 0 Å². The SMILES string of the molecule is CCC(C)(C)C1CCC(NCc2ccc(O)c(F)c2)CC1. The molecule has 0 unspecified atom stereocenters. The second-order valence-corrected chi connectivity index (χ2v) is 7.06. The van der Waals surface area contributed by atoms with E-state index in [0.29, 0.717) is 18.0 Å². The molecule has 0 spiro atoms. The molecule has 2 rings (SSSR count). The van der Waals surface area contributed by atoms with Crippen molar-refractivity contribution < 1.29 is 9.50 Å². The van der Waals surface area contributed by atoms with Gasteiger partial charge in [-0.15, -0.1) is 0 Å². The fraction of sp³-hybridized carbons (Fsp3) is 0.667. The first-order chi connectivity index (χ1) is 9.92. The van der Waals surface area contributed by atoms with Crippen molar-refractivity contribution in [1.29, 1.82) is 0 Å². The highest BCUT2D eigenvalue weighted by molar-refractivity contribution is 5.27. The van der Waals surface area contributed by atoms with Gasteiger partial charge in [-0.2, -0.15) is 0 Å². The fourth-order valence-electron chi connectivity index (χ4n) is 3.29. The monoisotopic (exact) mass is 293 g/mol. The summed E-state index contributed by atoms with van der Waals surface area (Å²) >= 11 is 0. The van der Waals surface area contributed by atoms with E-state index in [-0.39, 0.29) is 5.75 Å². The molecule has 0 radical (unpaired) electrons. The Morgan fingerprint density at radius 1 is 1.24 bits per heavy atom. The number of hydrogen-bond donors (Lipinski definition) is 2. The first kappa shape index (κ1) is 16.3. The van der Waals surface area contributed by atoms with Crippen LogP contribution in [-0.2, 0) is 6.54 Å². The molecule has 0 aromatic heterocycles. The Kier molecular flexibility index (Phi) is 5.26. The van der Waals surface area contributed by atoms with Crippen molar-refractivity contribution in [2.24, 2.45) is 11.3 Å². The highest BCUT2D eigenvalue weighted by Crippen LogP contribution is 2.40. The average molecular weight is 293 g/mol. The summed E-state index contributed by atoms with van der Waals surface area (Å²) in [5, 5.41) is 12.7.